The van der Waals surface area contributed by atoms with E-state index in [2.05, 4.69) is 6.58 Å². The highest BCUT2D eigenvalue weighted by molar-refractivity contribution is 5.87. The summed E-state index contributed by atoms with van der Waals surface area (Å²) in [5.74, 6) is -0.291. The number of nitrogen functional groups attached to an aromatic ring is 2. The van der Waals surface area contributed by atoms with Crippen molar-refractivity contribution in [1.29, 1.82) is 0 Å². The van der Waals surface area contributed by atoms with Gasteiger partial charge in [-0.15, -0.1) is 6.58 Å². The normalized spacial score (nSPS) is 17.3. The van der Waals surface area contributed by atoms with Crippen LogP contribution in [-0.4, -0.2) is 24.6 Å². The minimum atomic E-state index is -0.486. The number of esters is 2. The maximum atomic E-state index is 12.6. The first kappa shape index (κ1) is 29.0. The topological polar surface area (TPSA) is 114 Å². The van der Waals surface area contributed by atoms with Gasteiger partial charge in [0.25, 0.3) is 0 Å². The van der Waals surface area contributed by atoms with Gasteiger partial charge in [0.1, 0.15) is 12.4 Å². The summed E-state index contributed by atoms with van der Waals surface area (Å²) in [6.07, 6.45) is 14.3. The second-order valence-corrected chi connectivity index (χ2v) is 9.73. The lowest BCUT2D eigenvalue weighted by atomic mass is 9.87. The zero-order valence-electron chi connectivity index (χ0n) is 22.1. The second kappa shape index (κ2) is 15.6. The summed E-state index contributed by atoms with van der Waals surface area (Å²) in [5.41, 5.74) is 14.1. The number of ether oxygens (including phenoxy) is 3. The predicted octanol–water partition coefficient (Wildman–Crippen LogP) is 6.22. The summed E-state index contributed by atoms with van der Waals surface area (Å²) in [5, 5.41) is 0. The molecule has 0 aromatic heterocycles. The lowest BCUT2D eigenvalue weighted by Crippen LogP contribution is -2.29. The van der Waals surface area contributed by atoms with E-state index >= 15 is 0 Å². The van der Waals surface area contributed by atoms with E-state index in [-0.39, 0.29) is 24.6 Å². The monoisotopic (exact) mass is 520 g/mol. The third-order valence-corrected chi connectivity index (χ3v) is 6.71. The maximum absolute atomic E-state index is 12.6. The van der Waals surface area contributed by atoms with Crippen LogP contribution in [0.25, 0.3) is 6.08 Å². The van der Waals surface area contributed by atoms with Crippen molar-refractivity contribution in [2.75, 3.05) is 18.1 Å². The van der Waals surface area contributed by atoms with Gasteiger partial charge in [-0.2, -0.15) is 0 Å². The van der Waals surface area contributed by atoms with Crippen molar-refractivity contribution in [1.82, 2.24) is 0 Å². The number of carbonyl (C=O) groups excluding carboxylic acids is 2. The van der Waals surface area contributed by atoms with Gasteiger partial charge in [0.15, 0.2) is 0 Å². The molecule has 38 heavy (non-hydrogen) atoms. The Morgan fingerprint density at radius 1 is 0.947 bits per heavy atom. The fraction of sp³-hybridized carbons (Fsp3) is 0.419. The summed E-state index contributed by atoms with van der Waals surface area (Å²) in [7, 11) is 0. The van der Waals surface area contributed by atoms with Crippen LogP contribution >= 0.6 is 0 Å². The highest BCUT2D eigenvalue weighted by atomic mass is 16.5. The molecule has 0 bridgehead atoms. The van der Waals surface area contributed by atoms with Crippen molar-refractivity contribution in [3.8, 4) is 5.75 Å². The van der Waals surface area contributed by atoms with Gasteiger partial charge in [0.2, 0.25) is 0 Å². The fourth-order valence-electron chi connectivity index (χ4n) is 4.41. The molecule has 0 atom stereocenters. The first-order valence-corrected chi connectivity index (χ1v) is 13.5. The van der Waals surface area contributed by atoms with Gasteiger partial charge >= 0.3 is 11.9 Å². The molecule has 0 aliphatic heterocycles. The number of unbranched alkanes of at least 4 members (excludes halogenated alkanes) is 4. The summed E-state index contributed by atoms with van der Waals surface area (Å²) < 4.78 is 16.9. The molecule has 0 saturated heterocycles. The van der Waals surface area contributed by atoms with Crippen molar-refractivity contribution >= 4 is 29.4 Å². The molecule has 0 radical (unpaired) electrons. The molecule has 2 aromatic rings. The molecular weight excluding hydrogens is 480 g/mol. The molecule has 3 rings (SSSR count). The summed E-state index contributed by atoms with van der Waals surface area (Å²) >= 11 is 0. The molecule has 0 heterocycles. The Bertz CT molecular complexity index is 1070. The van der Waals surface area contributed by atoms with Crippen LogP contribution in [0, 0.1) is 5.92 Å². The summed E-state index contributed by atoms with van der Waals surface area (Å²) in [4.78, 5) is 24.7. The Kier molecular flexibility index (Phi) is 11.9. The number of anilines is 2. The number of benzene rings is 2. The lowest BCUT2D eigenvalue weighted by molar-refractivity contribution is -0.141. The number of rotatable bonds is 14. The molecule has 0 amide bonds. The van der Waals surface area contributed by atoms with E-state index in [4.69, 9.17) is 25.7 Å². The van der Waals surface area contributed by atoms with Crippen molar-refractivity contribution in [3.63, 3.8) is 0 Å². The van der Waals surface area contributed by atoms with E-state index in [9.17, 15) is 9.59 Å². The lowest BCUT2D eigenvalue weighted by Gasteiger charge is -2.27. The summed E-state index contributed by atoms with van der Waals surface area (Å²) in [6.45, 7) is 4.61. The van der Waals surface area contributed by atoms with E-state index in [1.54, 1.807) is 48.5 Å². The zero-order valence-corrected chi connectivity index (χ0v) is 22.1. The van der Waals surface area contributed by atoms with Gasteiger partial charge in [-0.1, -0.05) is 37.1 Å². The highest BCUT2D eigenvalue weighted by Crippen LogP contribution is 2.28. The third kappa shape index (κ3) is 10.1. The van der Waals surface area contributed by atoms with Gasteiger partial charge in [0, 0.05) is 29.6 Å². The zero-order chi connectivity index (χ0) is 27.2. The van der Waals surface area contributed by atoms with Crippen LogP contribution in [0.5, 0.6) is 5.75 Å². The molecule has 0 spiro atoms. The van der Waals surface area contributed by atoms with Crippen molar-refractivity contribution in [2.45, 2.75) is 70.5 Å². The number of allylic oxidation sites excluding steroid dienone is 1. The Morgan fingerprint density at radius 3 is 2.39 bits per heavy atom. The van der Waals surface area contributed by atoms with Crippen molar-refractivity contribution in [3.05, 3.63) is 72.3 Å². The van der Waals surface area contributed by atoms with E-state index in [1.807, 2.05) is 6.08 Å². The fourth-order valence-corrected chi connectivity index (χ4v) is 4.41. The van der Waals surface area contributed by atoms with Crippen LogP contribution in [0.3, 0.4) is 0 Å². The maximum Gasteiger partial charge on any atom is 0.331 e. The van der Waals surface area contributed by atoms with Crippen molar-refractivity contribution in [2.24, 2.45) is 5.92 Å². The molecule has 1 aliphatic rings. The van der Waals surface area contributed by atoms with E-state index in [0.29, 0.717) is 22.7 Å². The number of hydrogen-bond acceptors (Lipinski definition) is 7. The van der Waals surface area contributed by atoms with E-state index in [0.717, 1.165) is 50.7 Å². The predicted molar refractivity (Wildman–Crippen MR) is 151 cm³/mol. The molecule has 1 saturated carbocycles. The molecule has 0 unspecified atom stereocenters. The van der Waals surface area contributed by atoms with E-state index < -0.39 is 5.97 Å². The number of hydrogen-bond donors (Lipinski definition) is 2. The molecule has 204 valence electrons. The van der Waals surface area contributed by atoms with Crippen LogP contribution < -0.4 is 16.2 Å². The van der Waals surface area contributed by atoms with Crippen LogP contribution in [0.1, 0.15) is 68.9 Å². The number of nitrogens with two attached hydrogens (primary N) is 2. The molecule has 4 N–H and O–H groups in total. The van der Waals surface area contributed by atoms with Crippen LogP contribution in [0.2, 0.25) is 0 Å². The Morgan fingerprint density at radius 2 is 1.68 bits per heavy atom. The SMILES string of the molecule is C=CCCCCCCOC1CCC(C(=O)Oc2ccc(/C=C/C(=O)OCc3ccc(N)cc3N)cc2)CC1. The van der Waals surface area contributed by atoms with Crippen molar-refractivity contribution < 1.29 is 23.8 Å². The third-order valence-electron chi connectivity index (χ3n) is 6.71. The highest BCUT2D eigenvalue weighted by Gasteiger charge is 2.28. The quantitative estimate of drug-likeness (QED) is 0.0758. The van der Waals surface area contributed by atoms with Gasteiger partial charge in [-0.05, 0) is 80.9 Å². The molecule has 7 heteroatoms. The smallest absolute Gasteiger partial charge is 0.331 e. The average Bonchev–Trinajstić information content (AvgIpc) is 2.92. The Balaban J connectivity index is 1.34. The Hall–Kier alpha value is -3.58. The van der Waals surface area contributed by atoms with Crippen LogP contribution in [0.15, 0.2) is 61.2 Å². The van der Waals surface area contributed by atoms with Crippen LogP contribution in [0.4, 0.5) is 11.4 Å². The number of carbonyl (C=O) groups is 2. The minimum Gasteiger partial charge on any atom is -0.458 e. The molecule has 2 aromatic carbocycles. The molecule has 1 fully saturated rings. The van der Waals surface area contributed by atoms with Gasteiger partial charge in [-0.3, -0.25) is 4.79 Å². The molecule has 1 aliphatic carbocycles. The first-order chi connectivity index (χ1) is 18.4. The van der Waals surface area contributed by atoms with Gasteiger partial charge in [0.05, 0.1) is 12.0 Å². The van der Waals surface area contributed by atoms with Gasteiger partial charge in [-0.25, -0.2) is 4.79 Å². The largest absolute Gasteiger partial charge is 0.458 e. The Labute approximate surface area is 225 Å². The second-order valence-electron chi connectivity index (χ2n) is 9.73. The average molecular weight is 521 g/mol. The summed E-state index contributed by atoms with van der Waals surface area (Å²) in [6, 6.07) is 12.1. The van der Waals surface area contributed by atoms with Gasteiger partial charge < -0.3 is 25.7 Å². The van der Waals surface area contributed by atoms with Crippen LogP contribution in [-0.2, 0) is 25.7 Å². The minimum absolute atomic E-state index is 0.0641. The van der Waals surface area contributed by atoms with E-state index in [1.165, 1.54) is 25.3 Å². The first-order valence-electron chi connectivity index (χ1n) is 13.5. The standard InChI is InChI=1S/C31H40N2O5/c1-2-3-4-5-6-7-20-36-27-17-12-24(13-18-27)31(35)38-28-15-8-23(9-16-28)10-19-30(34)37-22-25-11-14-26(32)21-29(25)33/h2,8-11,14-16,19,21,24,27H,1,3-7,12-13,17-18,20,22,32-33H2/b19-10+. The molecular formula is C31H40N2O5. The molecule has 7 nitrogen and oxygen atoms in total.